The molecule has 26 heavy (non-hydrogen) atoms. The van der Waals surface area contributed by atoms with E-state index in [0.717, 1.165) is 11.4 Å². The summed E-state index contributed by atoms with van der Waals surface area (Å²) in [7, 11) is 0. The summed E-state index contributed by atoms with van der Waals surface area (Å²) in [6.07, 6.45) is 1.09. The molecule has 3 aromatic rings. The first-order valence-electron chi connectivity index (χ1n) is 8.06. The van der Waals surface area contributed by atoms with Crippen molar-refractivity contribution >= 4 is 27.6 Å². The van der Waals surface area contributed by atoms with Crippen molar-refractivity contribution in [1.29, 1.82) is 0 Å². The minimum Gasteiger partial charge on any atom is -0.368 e. The second-order valence-electron chi connectivity index (χ2n) is 6.03. The molecule has 1 saturated heterocycles. The van der Waals surface area contributed by atoms with Gasteiger partial charge in [-0.2, -0.15) is 14.6 Å². The van der Waals surface area contributed by atoms with Crippen LogP contribution in [0.3, 0.4) is 0 Å². The van der Waals surface area contributed by atoms with Crippen molar-refractivity contribution in [3.63, 3.8) is 0 Å². The molecule has 0 aliphatic carbocycles. The van der Waals surface area contributed by atoms with Gasteiger partial charge in [-0.1, -0.05) is 0 Å². The number of ether oxygens (including phenoxy) is 1. The first kappa shape index (κ1) is 17.0. The number of amides is 1. The minimum absolute atomic E-state index is 0.167. The van der Waals surface area contributed by atoms with E-state index >= 15 is 0 Å². The summed E-state index contributed by atoms with van der Waals surface area (Å²) in [4.78, 5) is 22.9. The lowest BCUT2D eigenvalue weighted by atomic mass is 10.1. The second kappa shape index (κ2) is 6.73. The fourth-order valence-corrected chi connectivity index (χ4v) is 3.39. The Hall–Kier alpha value is -2.39. The minimum atomic E-state index is -0.401. The molecule has 1 aliphatic rings. The fourth-order valence-electron chi connectivity index (χ4n) is 3.01. The lowest BCUT2D eigenvalue weighted by molar-refractivity contribution is -0.0257. The number of rotatable bonds is 2. The molecule has 4 rings (SSSR count). The third kappa shape index (κ3) is 3.08. The highest BCUT2D eigenvalue weighted by Gasteiger charge is 2.28. The number of fused-ring (bicyclic) bond motifs is 1. The largest absolute Gasteiger partial charge is 0.368 e. The zero-order valence-electron chi connectivity index (χ0n) is 13.9. The standard InChI is InChI=1S/C17H15BrFN5O2/c1-10-6-14(24-17(22-10)20-9-21-24)15-8-23(4-5-26-15)16(25)11-2-3-13(19)12(18)7-11/h2-3,6-7,9,15H,4-5,8H2,1H3/t15-/m1/s1. The highest BCUT2D eigenvalue weighted by Crippen LogP contribution is 2.25. The number of aromatic nitrogens is 4. The molecule has 0 N–H and O–H groups in total. The molecule has 9 heteroatoms. The van der Waals surface area contributed by atoms with Gasteiger partial charge in [0.15, 0.2) is 0 Å². The van der Waals surface area contributed by atoms with E-state index in [4.69, 9.17) is 4.74 Å². The lowest BCUT2D eigenvalue weighted by Crippen LogP contribution is -2.42. The van der Waals surface area contributed by atoms with E-state index in [0.29, 0.717) is 31.0 Å². The molecule has 7 nitrogen and oxygen atoms in total. The van der Waals surface area contributed by atoms with Crippen LogP contribution in [0.25, 0.3) is 5.78 Å². The van der Waals surface area contributed by atoms with Crippen molar-refractivity contribution in [2.75, 3.05) is 19.7 Å². The molecule has 1 atom stereocenters. The van der Waals surface area contributed by atoms with Crippen molar-refractivity contribution in [2.24, 2.45) is 0 Å². The van der Waals surface area contributed by atoms with Crippen molar-refractivity contribution in [3.05, 3.63) is 57.8 Å². The normalized spacial score (nSPS) is 17.7. The molecule has 0 spiro atoms. The lowest BCUT2D eigenvalue weighted by Gasteiger charge is -2.33. The van der Waals surface area contributed by atoms with Crippen LogP contribution in [0.1, 0.15) is 27.8 Å². The monoisotopic (exact) mass is 419 g/mol. The highest BCUT2D eigenvalue weighted by atomic mass is 79.9. The number of carbonyl (C=O) groups is 1. The Bertz CT molecular complexity index is 992. The van der Waals surface area contributed by atoms with Crippen LogP contribution in [-0.2, 0) is 4.74 Å². The van der Waals surface area contributed by atoms with Gasteiger partial charge in [0, 0.05) is 17.8 Å². The Morgan fingerprint density at radius 2 is 2.23 bits per heavy atom. The second-order valence-corrected chi connectivity index (χ2v) is 6.89. The van der Waals surface area contributed by atoms with Gasteiger partial charge in [-0.15, -0.1) is 0 Å². The highest BCUT2D eigenvalue weighted by molar-refractivity contribution is 9.10. The van der Waals surface area contributed by atoms with E-state index < -0.39 is 5.82 Å². The molecule has 0 radical (unpaired) electrons. The van der Waals surface area contributed by atoms with Gasteiger partial charge in [0.2, 0.25) is 0 Å². The first-order chi connectivity index (χ1) is 12.5. The van der Waals surface area contributed by atoms with E-state index in [2.05, 4.69) is 31.0 Å². The van der Waals surface area contributed by atoms with Crippen LogP contribution in [0.5, 0.6) is 0 Å². The summed E-state index contributed by atoms with van der Waals surface area (Å²) < 4.78 is 21.2. The molecule has 0 saturated carbocycles. The summed E-state index contributed by atoms with van der Waals surface area (Å²) in [6.45, 7) is 3.11. The predicted octanol–water partition coefficient (Wildman–Crippen LogP) is 2.55. The Balaban J connectivity index is 1.62. The van der Waals surface area contributed by atoms with E-state index in [1.807, 2.05) is 13.0 Å². The number of halogens is 2. The summed E-state index contributed by atoms with van der Waals surface area (Å²) in [6, 6.07) is 6.14. The Morgan fingerprint density at radius 3 is 3.04 bits per heavy atom. The van der Waals surface area contributed by atoms with E-state index in [9.17, 15) is 9.18 Å². The van der Waals surface area contributed by atoms with Crippen molar-refractivity contribution in [2.45, 2.75) is 13.0 Å². The molecular formula is C17H15BrFN5O2. The maximum absolute atomic E-state index is 13.4. The summed E-state index contributed by atoms with van der Waals surface area (Å²) in [5, 5.41) is 4.20. The summed E-state index contributed by atoms with van der Waals surface area (Å²) in [5.41, 5.74) is 2.02. The summed E-state index contributed by atoms with van der Waals surface area (Å²) in [5.74, 6) is -0.0728. The number of benzene rings is 1. The Morgan fingerprint density at radius 1 is 1.38 bits per heavy atom. The molecule has 1 aliphatic heterocycles. The number of nitrogens with zero attached hydrogens (tertiary/aromatic N) is 5. The SMILES string of the molecule is Cc1cc([C@H]2CN(C(=O)c3ccc(F)c(Br)c3)CCO2)n2ncnc2n1. The number of carbonyl (C=O) groups excluding carboxylic acids is 1. The average molecular weight is 420 g/mol. The van der Waals surface area contributed by atoms with E-state index in [-0.39, 0.29) is 16.5 Å². The van der Waals surface area contributed by atoms with Gasteiger partial charge in [-0.3, -0.25) is 4.79 Å². The van der Waals surface area contributed by atoms with Crippen LogP contribution >= 0.6 is 15.9 Å². The maximum atomic E-state index is 13.4. The van der Waals surface area contributed by atoms with Crippen LogP contribution < -0.4 is 0 Å². The van der Waals surface area contributed by atoms with Gasteiger partial charge in [0.1, 0.15) is 18.2 Å². The molecule has 134 valence electrons. The molecule has 1 aromatic carbocycles. The van der Waals surface area contributed by atoms with Crippen LogP contribution in [-0.4, -0.2) is 50.1 Å². The zero-order chi connectivity index (χ0) is 18.3. The summed E-state index contributed by atoms with van der Waals surface area (Å²) >= 11 is 3.12. The molecule has 3 heterocycles. The smallest absolute Gasteiger partial charge is 0.254 e. The Labute approximate surface area is 156 Å². The number of hydrogen-bond donors (Lipinski definition) is 0. The van der Waals surface area contributed by atoms with Crippen LogP contribution in [0, 0.1) is 12.7 Å². The zero-order valence-corrected chi connectivity index (χ0v) is 15.5. The molecule has 2 aromatic heterocycles. The van der Waals surface area contributed by atoms with Gasteiger partial charge in [0.25, 0.3) is 11.7 Å². The van der Waals surface area contributed by atoms with Gasteiger partial charge < -0.3 is 9.64 Å². The molecule has 1 amide bonds. The molecule has 0 unspecified atom stereocenters. The average Bonchev–Trinajstić information content (AvgIpc) is 3.11. The quantitative estimate of drug-likeness (QED) is 0.637. The maximum Gasteiger partial charge on any atom is 0.254 e. The number of aryl methyl sites for hydroxylation is 1. The van der Waals surface area contributed by atoms with Crippen LogP contribution in [0.4, 0.5) is 4.39 Å². The topological polar surface area (TPSA) is 72.6 Å². The third-order valence-corrected chi connectivity index (χ3v) is 4.87. The Kier molecular flexibility index (Phi) is 4.41. The van der Waals surface area contributed by atoms with E-state index in [1.54, 1.807) is 9.42 Å². The number of hydrogen-bond acceptors (Lipinski definition) is 5. The number of morpholine rings is 1. The van der Waals surface area contributed by atoms with Crippen molar-refractivity contribution in [3.8, 4) is 0 Å². The third-order valence-electron chi connectivity index (χ3n) is 4.26. The van der Waals surface area contributed by atoms with Crippen LogP contribution in [0.2, 0.25) is 0 Å². The van der Waals surface area contributed by atoms with Gasteiger partial charge in [-0.05, 0) is 47.1 Å². The predicted molar refractivity (Wildman–Crippen MR) is 94.2 cm³/mol. The van der Waals surface area contributed by atoms with Gasteiger partial charge in [-0.25, -0.2) is 9.37 Å². The molecule has 1 fully saturated rings. The van der Waals surface area contributed by atoms with Crippen molar-refractivity contribution < 1.29 is 13.9 Å². The first-order valence-corrected chi connectivity index (χ1v) is 8.85. The van der Waals surface area contributed by atoms with Gasteiger partial charge >= 0.3 is 0 Å². The van der Waals surface area contributed by atoms with E-state index in [1.165, 1.54) is 24.5 Å². The van der Waals surface area contributed by atoms with Crippen LogP contribution in [0.15, 0.2) is 35.1 Å². The molecule has 0 bridgehead atoms. The fraction of sp³-hybridized carbons (Fsp3) is 0.294. The molecular weight excluding hydrogens is 405 g/mol. The van der Waals surface area contributed by atoms with Gasteiger partial charge in [0.05, 0.1) is 23.3 Å². The van der Waals surface area contributed by atoms with Crippen molar-refractivity contribution in [1.82, 2.24) is 24.5 Å².